The molecule has 0 saturated heterocycles. The van der Waals surface area contributed by atoms with Gasteiger partial charge in [-0.2, -0.15) is 0 Å². The Morgan fingerprint density at radius 3 is 2.47 bits per heavy atom. The molecule has 0 spiro atoms. The highest BCUT2D eigenvalue weighted by molar-refractivity contribution is 5.85. The van der Waals surface area contributed by atoms with Crippen LogP contribution in [0.2, 0.25) is 0 Å². The van der Waals surface area contributed by atoms with E-state index in [0.717, 1.165) is 12.8 Å². The molecular weight excluding hydrogens is 200 g/mol. The summed E-state index contributed by atoms with van der Waals surface area (Å²) in [6.07, 6.45) is 1.02. The van der Waals surface area contributed by atoms with Crippen molar-refractivity contribution in [3.05, 3.63) is 0 Å². The smallest absolute Gasteiger partial charge is 0.328 e. The van der Waals surface area contributed by atoms with Gasteiger partial charge in [0, 0.05) is 6.04 Å². The van der Waals surface area contributed by atoms with E-state index in [9.17, 15) is 9.59 Å². The third-order valence-electron chi connectivity index (χ3n) is 2.19. The highest BCUT2D eigenvalue weighted by Crippen LogP contribution is 2.17. The predicted octanol–water partition coefficient (Wildman–Crippen LogP) is -1.31. The fourth-order valence-corrected chi connectivity index (χ4v) is 1.14. The Bertz CT molecular complexity index is 250. The molecule has 1 rings (SSSR count). The van der Waals surface area contributed by atoms with Gasteiger partial charge in [-0.05, 0) is 19.8 Å². The van der Waals surface area contributed by atoms with Crippen LogP contribution in [0, 0.1) is 0 Å². The molecule has 1 saturated carbocycles. The van der Waals surface area contributed by atoms with Crippen molar-refractivity contribution in [2.75, 3.05) is 6.54 Å². The van der Waals surface area contributed by atoms with Crippen LogP contribution in [-0.4, -0.2) is 46.8 Å². The van der Waals surface area contributed by atoms with Crippen LogP contribution in [0.1, 0.15) is 19.8 Å². The van der Waals surface area contributed by atoms with Crippen molar-refractivity contribution < 1.29 is 19.8 Å². The van der Waals surface area contributed by atoms with Crippen LogP contribution in [0.4, 0.5) is 0 Å². The Morgan fingerprint density at radius 2 is 2.07 bits per heavy atom. The SMILES string of the molecule is CC(O)C(NC(=O)CNC1CC1)C(=O)O. The fourth-order valence-electron chi connectivity index (χ4n) is 1.14. The maximum absolute atomic E-state index is 11.2. The molecule has 2 unspecified atom stereocenters. The first-order valence-electron chi connectivity index (χ1n) is 4.94. The van der Waals surface area contributed by atoms with Crippen LogP contribution in [0.5, 0.6) is 0 Å². The number of carbonyl (C=O) groups excluding carboxylic acids is 1. The first kappa shape index (κ1) is 11.9. The van der Waals surface area contributed by atoms with Gasteiger partial charge in [0.05, 0.1) is 12.6 Å². The molecule has 6 nitrogen and oxygen atoms in total. The molecule has 4 N–H and O–H groups in total. The second-order valence-corrected chi connectivity index (χ2v) is 3.78. The molecule has 15 heavy (non-hydrogen) atoms. The van der Waals surface area contributed by atoms with E-state index in [1.165, 1.54) is 6.92 Å². The summed E-state index contributed by atoms with van der Waals surface area (Å²) in [6, 6.07) is -0.843. The fraction of sp³-hybridized carbons (Fsp3) is 0.778. The Balaban J connectivity index is 2.28. The highest BCUT2D eigenvalue weighted by atomic mass is 16.4. The number of aliphatic carboxylic acids is 1. The van der Waals surface area contributed by atoms with Crippen LogP contribution in [-0.2, 0) is 9.59 Å². The van der Waals surface area contributed by atoms with E-state index in [2.05, 4.69) is 10.6 Å². The minimum Gasteiger partial charge on any atom is -0.480 e. The van der Waals surface area contributed by atoms with Crippen LogP contribution in [0.3, 0.4) is 0 Å². The van der Waals surface area contributed by atoms with Gasteiger partial charge >= 0.3 is 5.97 Å². The molecule has 2 atom stereocenters. The van der Waals surface area contributed by atoms with Gasteiger partial charge < -0.3 is 20.8 Å². The van der Waals surface area contributed by atoms with Gasteiger partial charge in [0.15, 0.2) is 6.04 Å². The molecule has 0 bridgehead atoms. The molecule has 0 heterocycles. The third kappa shape index (κ3) is 4.26. The molecular formula is C9H16N2O4. The van der Waals surface area contributed by atoms with E-state index in [-0.39, 0.29) is 6.54 Å². The lowest BCUT2D eigenvalue weighted by Gasteiger charge is -2.17. The van der Waals surface area contributed by atoms with Crippen LogP contribution in [0.15, 0.2) is 0 Å². The molecule has 1 aliphatic carbocycles. The lowest BCUT2D eigenvalue weighted by atomic mass is 10.2. The number of aliphatic hydroxyl groups is 1. The zero-order chi connectivity index (χ0) is 11.4. The molecule has 1 fully saturated rings. The van der Waals surface area contributed by atoms with E-state index in [1.807, 2.05) is 0 Å². The number of amides is 1. The van der Waals surface area contributed by atoms with E-state index in [0.29, 0.717) is 6.04 Å². The number of carbonyl (C=O) groups is 2. The van der Waals surface area contributed by atoms with Crippen LogP contribution >= 0.6 is 0 Å². The molecule has 0 aromatic carbocycles. The highest BCUT2D eigenvalue weighted by Gasteiger charge is 2.26. The zero-order valence-electron chi connectivity index (χ0n) is 8.56. The summed E-state index contributed by atoms with van der Waals surface area (Å²) in [6.45, 7) is 1.43. The monoisotopic (exact) mass is 216 g/mol. The molecule has 0 radical (unpaired) electrons. The summed E-state index contributed by atoms with van der Waals surface area (Å²) in [7, 11) is 0. The van der Waals surface area contributed by atoms with E-state index < -0.39 is 24.0 Å². The summed E-state index contributed by atoms with van der Waals surface area (Å²) in [5.41, 5.74) is 0. The van der Waals surface area contributed by atoms with Gasteiger partial charge in [-0.15, -0.1) is 0 Å². The third-order valence-corrected chi connectivity index (χ3v) is 2.19. The first-order chi connectivity index (χ1) is 7.00. The number of carboxylic acid groups (broad SMARTS) is 1. The zero-order valence-corrected chi connectivity index (χ0v) is 8.56. The number of rotatable bonds is 6. The Kier molecular flexibility index (Phi) is 4.05. The summed E-state index contributed by atoms with van der Waals surface area (Å²) in [5.74, 6) is -1.64. The Labute approximate surface area is 87.7 Å². The largest absolute Gasteiger partial charge is 0.480 e. The molecule has 1 aliphatic rings. The number of hydrogen-bond donors (Lipinski definition) is 4. The summed E-state index contributed by atoms with van der Waals surface area (Å²) >= 11 is 0. The van der Waals surface area contributed by atoms with Gasteiger partial charge in [-0.3, -0.25) is 4.79 Å². The van der Waals surface area contributed by atoms with Gasteiger partial charge in [0.1, 0.15) is 0 Å². The predicted molar refractivity (Wildman–Crippen MR) is 52.3 cm³/mol. The lowest BCUT2D eigenvalue weighted by Crippen LogP contribution is -2.50. The van der Waals surface area contributed by atoms with Crippen LogP contribution in [0.25, 0.3) is 0 Å². The number of aliphatic hydroxyl groups excluding tert-OH is 1. The second kappa shape index (κ2) is 5.09. The van der Waals surface area contributed by atoms with Crippen molar-refractivity contribution in [1.82, 2.24) is 10.6 Å². The van der Waals surface area contributed by atoms with Crippen molar-refractivity contribution in [3.8, 4) is 0 Å². The number of carboxylic acids is 1. The number of hydrogen-bond acceptors (Lipinski definition) is 4. The first-order valence-corrected chi connectivity index (χ1v) is 4.94. The quantitative estimate of drug-likeness (QED) is 0.442. The Hall–Kier alpha value is -1.14. The standard InChI is InChI=1S/C9H16N2O4/c1-5(12)8(9(14)15)11-7(13)4-10-6-2-3-6/h5-6,8,10,12H,2-4H2,1H3,(H,11,13)(H,14,15). The molecule has 6 heteroatoms. The van der Waals surface area contributed by atoms with Crippen molar-refractivity contribution in [3.63, 3.8) is 0 Å². The molecule has 1 amide bonds. The van der Waals surface area contributed by atoms with Gasteiger partial charge in [-0.25, -0.2) is 4.79 Å². The average molecular weight is 216 g/mol. The number of nitrogens with one attached hydrogen (secondary N) is 2. The van der Waals surface area contributed by atoms with Crippen molar-refractivity contribution in [2.24, 2.45) is 0 Å². The van der Waals surface area contributed by atoms with E-state index in [4.69, 9.17) is 10.2 Å². The van der Waals surface area contributed by atoms with Gasteiger partial charge in [-0.1, -0.05) is 0 Å². The maximum Gasteiger partial charge on any atom is 0.328 e. The lowest BCUT2D eigenvalue weighted by molar-refractivity contribution is -0.144. The van der Waals surface area contributed by atoms with E-state index in [1.54, 1.807) is 0 Å². The van der Waals surface area contributed by atoms with Gasteiger partial charge in [0.25, 0.3) is 0 Å². The second-order valence-electron chi connectivity index (χ2n) is 3.78. The van der Waals surface area contributed by atoms with Crippen molar-refractivity contribution in [2.45, 2.75) is 38.0 Å². The normalized spacial score (nSPS) is 19.3. The molecule has 0 aliphatic heterocycles. The van der Waals surface area contributed by atoms with E-state index >= 15 is 0 Å². The topological polar surface area (TPSA) is 98.7 Å². The maximum atomic E-state index is 11.2. The molecule has 0 aromatic rings. The average Bonchev–Trinajstić information content (AvgIpc) is 2.93. The summed E-state index contributed by atoms with van der Waals surface area (Å²) < 4.78 is 0. The molecule has 0 aromatic heterocycles. The van der Waals surface area contributed by atoms with Crippen LogP contribution < -0.4 is 10.6 Å². The minimum atomic E-state index is -1.24. The van der Waals surface area contributed by atoms with Gasteiger partial charge in [0.2, 0.25) is 5.91 Å². The van der Waals surface area contributed by atoms with Crippen molar-refractivity contribution >= 4 is 11.9 Å². The Morgan fingerprint density at radius 1 is 1.47 bits per heavy atom. The summed E-state index contributed by atoms with van der Waals surface area (Å²) in [5, 5.41) is 23.0. The van der Waals surface area contributed by atoms with Crippen molar-refractivity contribution in [1.29, 1.82) is 0 Å². The molecule has 86 valence electrons. The minimum absolute atomic E-state index is 0.0984. The summed E-state index contributed by atoms with van der Waals surface area (Å²) in [4.78, 5) is 21.9.